The number of para-hydroxylation sites is 1. The molecule has 2 unspecified atom stereocenters. The minimum atomic E-state index is -0.318. The molecule has 0 aromatic heterocycles. The van der Waals surface area contributed by atoms with E-state index in [0.717, 1.165) is 71.1 Å². The van der Waals surface area contributed by atoms with Crippen LogP contribution in [-0.4, -0.2) is 22.4 Å². The number of ether oxygens (including phenoxy) is 1. The Morgan fingerprint density at radius 2 is 0.895 bits per heavy atom. The van der Waals surface area contributed by atoms with Crippen LogP contribution in [0, 0.1) is 0 Å². The van der Waals surface area contributed by atoms with E-state index in [-0.39, 0.29) is 32.9 Å². The highest BCUT2D eigenvalue weighted by Crippen LogP contribution is 2.47. The van der Waals surface area contributed by atoms with Crippen LogP contribution in [-0.2, 0) is 11.1 Å². The molecule has 0 radical (unpaired) electrons. The first-order valence-corrected chi connectivity index (χ1v) is 19.5. The number of fused-ring (bicyclic) bond motifs is 4. The first kappa shape index (κ1) is 37.6. The second-order valence-corrected chi connectivity index (χ2v) is 14.1. The fourth-order valence-corrected chi connectivity index (χ4v) is 8.01. The second-order valence-electron chi connectivity index (χ2n) is 13.2. The fraction of sp³-hybridized carbons (Fsp3) is 0.0417. The third-order valence-electron chi connectivity index (χ3n) is 9.96. The average molecular weight is 789 g/mol. The second kappa shape index (κ2) is 16.8. The zero-order valence-corrected chi connectivity index (χ0v) is 33.0. The first-order valence-electron chi connectivity index (χ1n) is 18.2. The Labute approximate surface area is 333 Å². The van der Waals surface area contributed by atoms with E-state index in [9.17, 15) is 15.3 Å². The molecule has 9 heteroatoms. The Morgan fingerprint density at radius 1 is 0.456 bits per heavy atom. The lowest BCUT2D eigenvalue weighted by atomic mass is 9.92. The Kier molecular flexibility index (Phi) is 11.1. The lowest BCUT2D eigenvalue weighted by Gasteiger charge is -2.17. The Morgan fingerprint density at radius 3 is 1.39 bits per heavy atom. The van der Waals surface area contributed by atoms with E-state index in [4.69, 9.17) is 18.3 Å². The van der Waals surface area contributed by atoms with Crippen LogP contribution in [0.15, 0.2) is 164 Å². The van der Waals surface area contributed by atoms with Gasteiger partial charge in [-0.15, -0.1) is 0 Å². The van der Waals surface area contributed by atoms with Gasteiger partial charge >= 0.3 is 0 Å². The number of hydrogen-bond donors (Lipinski definition) is 3. The molecule has 9 rings (SSSR count). The molecule has 0 saturated heterocycles. The van der Waals surface area contributed by atoms with Gasteiger partial charge in [-0.05, 0) is 73.4 Å². The maximum atomic E-state index is 10.9. The molecule has 0 amide bonds. The summed E-state index contributed by atoms with van der Waals surface area (Å²) in [6.07, 6.45) is 0. The summed E-state index contributed by atoms with van der Waals surface area (Å²) in [7, 11) is 3.49. The smallest absolute Gasteiger partial charge is 0.215 e. The van der Waals surface area contributed by atoms with Crippen LogP contribution in [0.3, 0.4) is 0 Å². The molecule has 0 saturated carbocycles. The number of phenols is 3. The number of benzene rings is 9. The topological polar surface area (TPSA) is 97.6 Å². The van der Waals surface area contributed by atoms with Crippen molar-refractivity contribution >= 4 is 61.6 Å². The molecule has 0 heterocycles. The zero-order chi connectivity index (χ0) is 39.3. The van der Waals surface area contributed by atoms with Gasteiger partial charge < -0.3 is 33.6 Å². The molecule has 57 heavy (non-hydrogen) atoms. The van der Waals surface area contributed by atoms with Gasteiger partial charge in [-0.3, -0.25) is 0 Å². The largest absolute Gasteiger partial charge is 0.507 e. The summed E-state index contributed by atoms with van der Waals surface area (Å²) in [5, 5.41) is 40.0. The van der Waals surface area contributed by atoms with Crippen LogP contribution in [0.4, 0.5) is 0 Å². The Hall–Kier alpha value is -6.36. The van der Waals surface area contributed by atoms with Gasteiger partial charge in [0.1, 0.15) is 23.0 Å². The van der Waals surface area contributed by atoms with Crippen molar-refractivity contribution in [1.82, 2.24) is 0 Å². The normalized spacial score (nSPS) is 11.3. The number of phenolic OH excluding ortho intramolecular Hbond substituents is 3. The SMILES string of the molecule is COc1cccc(COPOc2ccc3ccccc3c2-c2c(O)ccc3ccccc23)c1O.Oc1ccc2ccccc2c1-c1c(OP)ccc2ccccc12. The molecule has 0 fully saturated rings. The predicted molar refractivity (Wildman–Crippen MR) is 236 cm³/mol. The summed E-state index contributed by atoms with van der Waals surface area (Å²) in [5.74, 6) is 2.23. The van der Waals surface area contributed by atoms with E-state index in [2.05, 4.69) is 21.6 Å². The van der Waals surface area contributed by atoms with E-state index in [0.29, 0.717) is 17.1 Å². The molecule has 0 aliphatic heterocycles. The van der Waals surface area contributed by atoms with Crippen LogP contribution in [0.1, 0.15) is 5.56 Å². The van der Waals surface area contributed by atoms with Crippen LogP contribution in [0.25, 0.3) is 65.3 Å². The third-order valence-corrected chi connectivity index (χ3v) is 10.8. The molecule has 7 nitrogen and oxygen atoms in total. The quantitative estimate of drug-likeness (QED) is 0.0989. The van der Waals surface area contributed by atoms with Crippen molar-refractivity contribution in [2.24, 2.45) is 0 Å². The van der Waals surface area contributed by atoms with Crippen LogP contribution >= 0.6 is 18.5 Å². The minimum Gasteiger partial charge on any atom is -0.507 e. The summed E-state index contributed by atoms with van der Waals surface area (Å²) in [4.78, 5) is 0. The number of methoxy groups -OCH3 is 1. The third kappa shape index (κ3) is 7.49. The van der Waals surface area contributed by atoms with E-state index in [1.165, 1.54) is 7.11 Å². The Bertz CT molecular complexity index is 2890. The summed E-state index contributed by atoms with van der Waals surface area (Å²) >= 11 is 0. The summed E-state index contributed by atoms with van der Waals surface area (Å²) in [6, 6.07) is 52.6. The van der Waals surface area contributed by atoms with E-state index >= 15 is 0 Å². The lowest BCUT2D eigenvalue weighted by Crippen LogP contribution is -1.93. The van der Waals surface area contributed by atoms with Gasteiger partial charge in [-0.25, -0.2) is 0 Å². The molecule has 282 valence electrons. The highest BCUT2D eigenvalue weighted by molar-refractivity contribution is 7.26. The van der Waals surface area contributed by atoms with Crippen LogP contribution < -0.4 is 13.8 Å². The monoisotopic (exact) mass is 788 g/mol. The molecule has 0 aliphatic rings. The summed E-state index contributed by atoms with van der Waals surface area (Å²) in [5.41, 5.74) is 3.86. The van der Waals surface area contributed by atoms with Crippen molar-refractivity contribution in [3.63, 3.8) is 0 Å². The van der Waals surface area contributed by atoms with Gasteiger partial charge in [-0.1, -0.05) is 133 Å². The average Bonchev–Trinajstić information content (AvgIpc) is 3.25. The summed E-state index contributed by atoms with van der Waals surface area (Å²) < 4.78 is 22.5. The van der Waals surface area contributed by atoms with Crippen molar-refractivity contribution < 1.29 is 33.6 Å². The molecule has 2 atom stereocenters. The molecule has 0 spiro atoms. The molecular weight excluding hydrogens is 750 g/mol. The van der Waals surface area contributed by atoms with Crippen molar-refractivity contribution in [3.05, 3.63) is 169 Å². The van der Waals surface area contributed by atoms with E-state index < -0.39 is 0 Å². The highest BCUT2D eigenvalue weighted by Gasteiger charge is 2.19. The zero-order valence-electron chi connectivity index (χ0n) is 30.8. The van der Waals surface area contributed by atoms with Crippen LogP contribution in [0.2, 0.25) is 0 Å². The highest BCUT2D eigenvalue weighted by atomic mass is 31.1. The van der Waals surface area contributed by atoms with Gasteiger partial charge in [-0.2, -0.15) is 0 Å². The number of hydrogen-bond acceptors (Lipinski definition) is 7. The van der Waals surface area contributed by atoms with Gasteiger partial charge in [0.15, 0.2) is 11.5 Å². The van der Waals surface area contributed by atoms with Gasteiger partial charge in [0.25, 0.3) is 0 Å². The molecule has 9 aromatic carbocycles. The van der Waals surface area contributed by atoms with Crippen molar-refractivity contribution in [2.75, 3.05) is 7.11 Å². The van der Waals surface area contributed by atoms with Gasteiger partial charge in [0.05, 0.1) is 23.2 Å². The molecule has 3 N–H and O–H groups in total. The van der Waals surface area contributed by atoms with Crippen molar-refractivity contribution in [2.45, 2.75) is 6.61 Å². The minimum absolute atomic E-state index is 0.0573. The fourth-order valence-electron chi connectivity index (χ4n) is 7.28. The molecule has 0 bridgehead atoms. The lowest BCUT2D eigenvalue weighted by molar-refractivity contribution is 0.306. The Balaban J connectivity index is 0.000000172. The first-order chi connectivity index (χ1) is 28.0. The molecule has 9 aromatic rings. The van der Waals surface area contributed by atoms with Gasteiger partial charge in [0.2, 0.25) is 9.03 Å². The predicted octanol–water partition coefficient (Wildman–Crippen LogP) is 12.7. The summed E-state index contributed by atoms with van der Waals surface area (Å²) in [6.45, 7) is 0.171. The van der Waals surface area contributed by atoms with E-state index in [1.54, 1.807) is 30.3 Å². The number of rotatable bonds is 9. The maximum Gasteiger partial charge on any atom is 0.215 e. The van der Waals surface area contributed by atoms with Crippen LogP contribution in [0.5, 0.6) is 34.5 Å². The molecular formula is C48H38O7P2. The van der Waals surface area contributed by atoms with Crippen molar-refractivity contribution in [1.29, 1.82) is 0 Å². The molecule has 0 aliphatic carbocycles. The van der Waals surface area contributed by atoms with Crippen molar-refractivity contribution in [3.8, 4) is 56.8 Å². The van der Waals surface area contributed by atoms with Gasteiger partial charge in [0, 0.05) is 27.8 Å². The van der Waals surface area contributed by atoms with E-state index in [1.807, 2.05) is 121 Å². The number of aromatic hydroxyl groups is 3. The standard InChI is InChI=1S/C28H23O5P.C20H15O2P/c1-31-25-12-6-9-20(28(25)30)17-32-34-33-24-16-14-19-8-3-5-11-22(19)27(24)26-21-10-4-2-7-18(21)13-15-23(26)29;21-17-11-9-13-5-1-3-7-15(13)19(17)20-16-8-4-2-6-14(16)10-12-18(20)22-23/h2-16,29-30,34H,17H2,1H3;1-12,21H,23H2. The maximum absolute atomic E-state index is 10.9.